The number of aliphatic hydroxyl groups is 3. The molecule has 0 aliphatic heterocycles. The molecule has 0 heterocycles. The molecule has 2 bridgehead atoms. The number of rotatable bonds is 0. The average Bonchev–Trinajstić information content (AvgIpc) is 2.72. The fourth-order valence-corrected chi connectivity index (χ4v) is 7.25. The lowest BCUT2D eigenvalue weighted by Gasteiger charge is -2.64. The lowest BCUT2D eigenvalue weighted by Crippen LogP contribution is -2.71. The van der Waals surface area contributed by atoms with Crippen LogP contribution in [0.5, 0.6) is 0 Å². The molecule has 1 spiro atoms. The summed E-state index contributed by atoms with van der Waals surface area (Å²) in [6.45, 7) is 9.59. The van der Waals surface area contributed by atoms with E-state index in [4.69, 9.17) is 0 Å². The third-order valence-corrected chi connectivity index (χ3v) is 8.23. The number of carbonyl (C=O) groups excluding carboxylic acids is 2. The molecule has 25 heavy (non-hydrogen) atoms. The summed E-state index contributed by atoms with van der Waals surface area (Å²) in [6, 6.07) is 0. The van der Waals surface area contributed by atoms with Gasteiger partial charge in [-0.05, 0) is 42.6 Å². The molecule has 0 aromatic heterocycles. The van der Waals surface area contributed by atoms with Crippen LogP contribution in [0.2, 0.25) is 0 Å². The monoisotopic (exact) mass is 348 g/mol. The van der Waals surface area contributed by atoms with Gasteiger partial charge >= 0.3 is 0 Å². The van der Waals surface area contributed by atoms with Gasteiger partial charge in [0.2, 0.25) is 0 Å². The van der Waals surface area contributed by atoms with Crippen molar-refractivity contribution in [2.75, 3.05) is 0 Å². The van der Waals surface area contributed by atoms with Crippen LogP contribution in [-0.2, 0) is 9.59 Å². The molecule has 5 heteroatoms. The SMILES string of the molecule is C=C1C(=O)C23CC1CC(O)C2C1(C)CCC(O)C(C)(C)C1C(=O)C3O. The number of hydrogen-bond acceptors (Lipinski definition) is 5. The van der Waals surface area contributed by atoms with Crippen LogP contribution in [-0.4, -0.2) is 45.2 Å². The second kappa shape index (κ2) is 4.81. The van der Waals surface area contributed by atoms with Crippen molar-refractivity contribution in [1.82, 2.24) is 0 Å². The smallest absolute Gasteiger partial charge is 0.168 e. The van der Waals surface area contributed by atoms with Gasteiger partial charge in [-0.2, -0.15) is 0 Å². The highest BCUT2D eigenvalue weighted by atomic mass is 16.3. The maximum atomic E-state index is 13.3. The highest BCUT2D eigenvalue weighted by Gasteiger charge is 2.75. The van der Waals surface area contributed by atoms with Crippen molar-refractivity contribution >= 4 is 11.6 Å². The van der Waals surface area contributed by atoms with E-state index in [2.05, 4.69) is 6.58 Å². The first-order chi connectivity index (χ1) is 11.5. The molecule has 4 saturated carbocycles. The summed E-state index contributed by atoms with van der Waals surface area (Å²) in [6.07, 6.45) is -0.852. The number of aliphatic hydroxyl groups excluding tert-OH is 3. The second-order valence-corrected chi connectivity index (χ2v) is 9.70. The highest BCUT2D eigenvalue weighted by Crippen LogP contribution is 2.70. The van der Waals surface area contributed by atoms with Crippen LogP contribution in [0.1, 0.15) is 46.5 Å². The first-order valence-electron chi connectivity index (χ1n) is 9.31. The van der Waals surface area contributed by atoms with Crippen molar-refractivity contribution in [3.63, 3.8) is 0 Å². The van der Waals surface area contributed by atoms with Gasteiger partial charge in [-0.15, -0.1) is 0 Å². The van der Waals surface area contributed by atoms with Crippen molar-refractivity contribution in [3.05, 3.63) is 12.2 Å². The Kier molecular flexibility index (Phi) is 3.35. The minimum Gasteiger partial charge on any atom is -0.393 e. The van der Waals surface area contributed by atoms with E-state index in [1.807, 2.05) is 20.8 Å². The molecule has 3 N–H and O–H groups in total. The van der Waals surface area contributed by atoms with Crippen molar-refractivity contribution in [3.8, 4) is 0 Å². The number of hydrogen-bond donors (Lipinski definition) is 3. The lowest BCUT2D eigenvalue weighted by molar-refractivity contribution is -0.227. The van der Waals surface area contributed by atoms with Crippen LogP contribution in [0.4, 0.5) is 0 Å². The van der Waals surface area contributed by atoms with Crippen molar-refractivity contribution in [2.24, 2.45) is 34.0 Å². The number of ketones is 2. The van der Waals surface area contributed by atoms with Crippen LogP contribution in [0.15, 0.2) is 12.2 Å². The normalized spacial score (nSPS) is 54.2. The maximum Gasteiger partial charge on any atom is 0.168 e. The van der Waals surface area contributed by atoms with Crippen molar-refractivity contribution in [1.29, 1.82) is 0 Å². The van der Waals surface area contributed by atoms with Gasteiger partial charge in [0.05, 0.1) is 17.6 Å². The lowest BCUT2D eigenvalue weighted by atomic mass is 9.39. The summed E-state index contributed by atoms with van der Waals surface area (Å²) >= 11 is 0. The summed E-state index contributed by atoms with van der Waals surface area (Å²) in [5.74, 6) is -1.79. The molecule has 0 aromatic rings. The van der Waals surface area contributed by atoms with E-state index in [0.29, 0.717) is 31.3 Å². The first-order valence-corrected chi connectivity index (χ1v) is 9.31. The molecule has 4 aliphatic carbocycles. The summed E-state index contributed by atoms with van der Waals surface area (Å²) in [7, 11) is 0. The zero-order valence-electron chi connectivity index (χ0n) is 15.2. The van der Waals surface area contributed by atoms with Gasteiger partial charge in [-0.25, -0.2) is 0 Å². The molecule has 0 amide bonds. The van der Waals surface area contributed by atoms with Crippen LogP contribution in [0.3, 0.4) is 0 Å². The molecular weight excluding hydrogens is 320 g/mol. The molecule has 8 unspecified atom stereocenters. The summed E-state index contributed by atoms with van der Waals surface area (Å²) in [5.41, 5.74) is -2.11. The molecule has 8 atom stereocenters. The number of carbonyl (C=O) groups is 2. The molecule has 4 rings (SSSR count). The number of Topliss-reactive ketones (excluding diaryl/α,β-unsaturated/α-hetero) is 2. The summed E-state index contributed by atoms with van der Waals surface area (Å²) in [5, 5.41) is 32.5. The predicted molar refractivity (Wildman–Crippen MR) is 90.4 cm³/mol. The Balaban J connectivity index is 1.94. The van der Waals surface area contributed by atoms with Gasteiger partial charge in [-0.3, -0.25) is 9.59 Å². The van der Waals surface area contributed by atoms with E-state index >= 15 is 0 Å². The largest absolute Gasteiger partial charge is 0.393 e. The molecular formula is C20H28O5. The summed E-state index contributed by atoms with van der Waals surface area (Å²) < 4.78 is 0. The first kappa shape index (κ1) is 17.4. The van der Waals surface area contributed by atoms with Crippen molar-refractivity contribution in [2.45, 2.75) is 64.8 Å². The van der Waals surface area contributed by atoms with E-state index < -0.39 is 46.4 Å². The van der Waals surface area contributed by atoms with Crippen LogP contribution < -0.4 is 0 Å². The van der Waals surface area contributed by atoms with Gasteiger partial charge in [0.25, 0.3) is 0 Å². The van der Waals surface area contributed by atoms with E-state index in [9.17, 15) is 24.9 Å². The topological polar surface area (TPSA) is 94.8 Å². The molecule has 0 radical (unpaired) electrons. The Labute approximate surface area is 148 Å². The zero-order valence-corrected chi connectivity index (χ0v) is 15.2. The fourth-order valence-electron chi connectivity index (χ4n) is 7.25. The highest BCUT2D eigenvalue weighted by molar-refractivity contribution is 6.08. The Hall–Kier alpha value is -1.04. The van der Waals surface area contributed by atoms with Crippen LogP contribution in [0, 0.1) is 34.0 Å². The Morgan fingerprint density at radius 1 is 1.12 bits per heavy atom. The zero-order chi connectivity index (χ0) is 18.5. The number of fused-ring (bicyclic) bond motifs is 3. The molecule has 4 fully saturated rings. The second-order valence-electron chi connectivity index (χ2n) is 9.70. The minimum absolute atomic E-state index is 0.149. The fraction of sp³-hybridized carbons (Fsp3) is 0.800. The molecule has 0 saturated heterocycles. The molecule has 4 aliphatic rings. The van der Waals surface area contributed by atoms with Crippen LogP contribution in [0.25, 0.3) is 0 Å². The van der Waals surface area contributed by atoms with Gasteiger partial charge in [0, 0.05) is 17.3 Å². The van der Waals surface area contributed by atoms with Gasteiger partial charge in [0.1, 0.15) is 6.10 Å². The van der Waals surface area contributed by atoms with Gasteiger partial charge < -0.3 is 15.3 Å². The van der Waals surface area contributed by atoms with Gasteiger partial charge in [-0.1, -0.05) is 27.4 Å². The van der Waals surface area contributed by atoms with E-state index in [1.54, 1.807) is 0 Å². The quantitative estimate of drug-likeness (QED) is 0.573. The maximum absolute atomic E-state index is 13.3. The predicted octanol–water partition coefficient (Wildman–Crippen LogP) is 1.25. The molecule has 5 nitrogen and oxygen atoms in total. The standard InChI is InChI=1S/C20H28O5/c1-9-10-7-11(21)14-19(4)6-5-12(22)18(2,3)15(19)13(23)17(25)20(14,8-10)16(9)24/h10-12,14-15,17,21-22,25H,1,5-8H2,2-4H3. The minimum atomic E-state index is -1.43. The third-order valence-electron chi connectivity index (χ3n) is 8.23. The average molecular weight is 348 g/mol. The van der Waals surface area contributed by atoms with E-state index in [1.165, 1.54) is 0 Å². The van der Waals surface area contributed by atoms with E-state index in [0.717, 1.165) is 0 Å². The van der Waals surface area contributed by atoms with Crippen LogP contribution >= 0.6 is 0 Å². The van der Waals surface area contributed by atoms with E-state index in [-0.39, 0.29) is 17.5 Å². The Morgan fingerprint density at radius 3 is 2.40 bits per heavy atom. The Morgan fingerprint density at radius 2 is 1.76 bits per heavy atom. The molecule has 0 aromatic carbocycles. The Bertz CT molecular complexity index is 682. The number of allylic oxidation sites excluding steroid dienone is 1. The summed E-state index contributed by atoms with van der Waals surface area (Å²) in [4.78, 5) is 26.4. The third kappa shape index (κ3) is 1.75. The molecule has 138 valence electrons. The van der Waals surface area contributed by atoms with Gasteiger partial charge in [0.15, 0.2) is 11.6 Å². The van der Waals surface area contributed by atoms with Crippen molar-refractivity contribution < 1.29 is 24.9 Å².